The molecule has 0 amide bonds. The van der Waals surface area contributed by atoms with E-state index in [2.05, 4.69) is 0 Å². The predicted molar refractivity (Wildman–Crippen MR) is 66.2 cm³/mol. The highest BCUT2D eigenvalue weighted by Gasteiger charge is 2.22. The quantitative estimate of drug-likeness (QED) is 0.840. The molecular formula is C14H16FN. The Balaban J connectivity index is 2.45. The maximum Gasteiger partial charge on any atom is 0.124 e. The van der Waals surface area contributed by atoms with Crippen molar-refractivity contribution in [3.8, 4) is 0 Å². The lowest BCUT2D eigenvalue weighted by atomic mass is 9.94. The van der Waals surface area contributed by atoms with Crippen molar-refractivity contribution >= 4 is 10.8 Å². The predicted octanol–water partition coefficient (Wildman–Crippen LogP) is 3.07. The third-order valence-corrected chi connectivity index (χ3v) is 2.86. The van der Waals surface area contributed by atoms with E-state index in [9.17, 15) is 4.39 Å². The van der Waals surface area contributed by atoms with Crippen LogP contribution in [0.15, 0.2) is 42.5 Å². The summed E-state index contributed by atoms with van der Waals surface area (Å²) < 4.78 is 13.9. The zero-order valence-corrected chi connectivity index (χ0v) is 9.41. The summed E-state index contributed by atoms with van der Waals surface area (Å²) in [5.74, 6) is 0. The van der Waals surface area contributed by atoms with Crippen molar-refractivity contribution in [2.45, 2.75) is 19.0 Å². The molecule has 0 aliphatic carbocycles. The molecule has 0 aliphatic heterocycles. The van der Waals surface area contributed by atoms with E-state index in [1.807, 2.05) is 42.5 Å². The zero-order valence-electron chi connectivity index (χ0n) is 9.41. The molecule has 0 aromatic heterocycles. The number of nitrogens with two attached hydrogens (primary N) is 1. The number of hydrogen-bond acceptors (Lipinski definition) is 1. The van der Waals surface area contributed by atoms with Crippen LogP contribution in [-0.2, 0) is 6.42 Å². The van der Waals surface area contributed by atoms with Gasteiger partial charge in [0.05, 0.1) is 0 Å². The number of rotatable bonds is 3. The molecule has 0 saturated heterocycles. The van der Waals surface area contributed by atoms with Crippen LogP contribution in [0.4, 0.5) is 4.39 Å². The molecule has 1 nitrogen and oxygen atoms in total. The summed E-state index contributed by atoms with van der Waals surface area (Å²) in [5, 5.41) is 2.26. The van der Waals surface area contributed by atoms with Gasteiger partial charge in [0, 0.05) is 13.0 Å². The second-order valence-electron chi connectivity index (χ2n) is 4.43. The van der Waals surface area contributed by atoms with E-state index < -0.39 is 5.67 Å². The Kier molecular flexibility index (Phi) is 2.92. The first kappa shape index (κ1) is 11.1. The monoisotopic (exact) mass is 217 g/mol. The minimum absolute atomic E-state index is 0.0518. The van der Waals surface area contributed by atoms with E-state index in [-0.39, 0.29) is 6.54 Å². The van der Waals surface area contributed by atoms with Crippen molar-refractivity contribution in [3.05, 3.63) is 48.0 Å². The van der Waals surface area contributed by atoms with Gasteiger partial charge in [0.1, 0.15) is 5.67 Å². The summed E-state index contributed by atoms with van der Waals surface area (Å²) in [6.07, 6.45) is 0.366. The van der Waals surface area contributed by atoms with E-state index in [0.717, 1.165) is 16.3 Å². The van der Waals surface area contributed by atoms with E-state index in [4.69, 9.17) is 5.73 Å². The third kappa shape index (κ3) is 2.22. The molecule has 0 aliphatic rings. The summed E-state index contributed by atoms with van der Waals surface area (Å²) in [5.41, 5.74) is 5.12. The molecule has 84 valence electrons. The summed E-state index contributed by atoms with van der Waals surface area (Å²) in [7, 11) is 0. The molecule has 2 aromatic carbocycles. The molecule has 0 radical (unpaired) electrons. The SMILES string of the molecule is CC(F)(CN)Cc1cccc2ccccc12. The molecule has 0 saturated carbocycles. The maximum absolute atomic E-state index is 13.9. The summed E-state index contributed by atoms with van der Waals surface area (Å²) >= 11 is 0. The van der Waals surface area contributed by atoms with Gasteiger partial charge in [0.15, 0.2) is 0 Å². The molecule has 1 atom stereocenters. The Hall–Kier alpha value is -1.41. The van der Waals surface area contributed by atoms with Gasteiger partial charge in [0.25, 0.3) is 0 Å². The van der Waals surface area contributed by atoms with Crippen LogP contribution in [0.5, 0.6) is 0 Å². The van der Waals surface area contributed by atoms with Gasteiger partial charge in [0.2, 0.25) is 0 Å². The largest absolute Gasteiger partial charge is 0.328 e. The minimum atomic E-state index is -1.33. The Bertz CT molecular complexity index is 486. The Morgan fingerprint density at radius 3 is 2.56 bits per heavy atom. The van der Waals surface area contributed by atoms with E-state index in [1.165, 1.54) is 0 Å². The molecule has 2 N–H and O–H groups in total. The van der Waals surface area contributed by atoms with Gasteiger partial charge in [-0.15, -0.1) is 0 Å². The second-order valence-corrected chi connectivity index (χ2v) is 4.43. The van der Waals surface area contributed by atoms with Crippen LogP contribution in [0.1, 0.15) is 12.5 Å². The van der Waals surface area contributed by atoms with E-state index >= 15 is 0 Å². The van der Waals surface area contributed by atoms with Gasteiger partial charge in [-0.05, 0) is 23.3 Å². The van der Waals surface area contributed by atoms with Crippen LogP contribution in [0.3, 0.4) is 0 Å². The van der Waals surface area contributed by atoms with E-state index in [0.29, 0.717) is 6.42 Å². The number of fused-ring (bicyclic) bond motifs is 1. The molecule has 1 unspecified atom stereocenters. The Labute approximate surface area is 95.1 Å². The summed E-state index contributed by atoms with van der Waals surface area (Å²) in [6.45, 7) is 1.60. The first-order valence-electron chi connectivity index (χ1n) is 5.48. The van der Waals surface area contributed by atoms with Crippen molar-refractivity contribution in [1.29, 1.82) is 0 Å². The summed E-state index contributed by atoms with van der Waals surface area (Å²) in [6, 6.07) is 14.0. The van der Waals surface area contributed by atoms with Gasteiger partial charge in [-0.25, -0.2) is 4.39 Å². The molecule has 0 spiro atoms. The Morgan fingerprint density at radius 1 is 1.12 bits per heavy atom. The average molecular weight is 217 g/mol. The molecule has 16 heavy (non-hydrogen) atoms. The number of benzene rings is 2. The van der Waals surface area contributed by atoms with Crippen molar-refractivity contribution in [2.24, 2.45) is 5.73 Å². The van der Waals surface area contributed by atoms with Crippen LogP contribution >= 0.6 is 0 Å². The topological polar surface area (TPSA) is 26.0 Å². The fraction of sp³-hybridized carbons (Fsp3) is 0.286. The lowest BCUT2D eigenvalue weighted by molar-refractivity contribution is 0.200. The highest BCUT2D eigenvalue weighted by Crippen LogP contribution is 2.24. The normalized spacial score (nSPS) is 14.9. The lowest BCUT2D eigenvalue weighted by Gasteiger charge is -2.19. The first-order chi connectivity index (χ1) is 7.62. The van der Waals surface area contributed by atoms with Gasteiger partial charge in [-0.3, -0.25) is 0 Å². The molecule has 0 heterocycles. The molecule has 2 rings (SSSR count). The van der Waals surface area contributed by atoms with Crippen LogP contribution in [0.2, 0.25) is 0 Å². The Morgan fingerprint density at radius 2 is 1.81 bits per heavy atom. The molecule has 0 fully saturated rings. The lowest BCUT2D eigenvalue weighted by Crippen LogP contribution is -2.31. The van der Waals surface area contributed by atoms with Crippen LogP contribution in [0, 0.1) is 0 Å². The van der Waals surface area contributed by atoms with Gasteiger partial charge >= 0.3 is 0 Å². The highest BCUT2D eigenvalue weighted by atomic mass is 19.1. The van der Waals surface area contributed by atoms with Gasteiger partial charge in [-0.2, -0.15) is 0 Å². The zero-order chi connectivity index (χ0) is 11.6. The fourth-order valence-electron chi connectivity index (χ4n) is 1.92. The molecular weight excluding hydrogens is 201 g/mol. The number of halogens is 1. The van der Waals surface area contributed by atoms with Crippen molar-refractivity contribution in [3.63, 3.8) is 0 Å². The van der Waals surface area contributed by atoms with Gasteiger partial charge in [-0.1, -0.05) is 42.5 Å². The van der Waals surface area contributed by atoms with Crippen molar-refractivity contribution in [1.82, 2.24) is 0 Å². The van der Waals surface area contributed by atoms with Crippen LogP contribution in [0.25, 0.3) is 10.8 Å². The molecule has 2 heteroatoms. The summed E-state index contributed by atoms with van der Waals surface area (Å²) in [4.78, 5) is 0. The van der Waals surface area contributed by atoms with Crippen LogP contribution in [-0.4, -0.2) is 12.2 Å². The standard InChI is InChI=1S/C14H16FN/c1-14(15,10-16)9-12-7-4-6-11-5-2-3-8-13(11)12/h2-8H,9-10,16H2,1H3. The molecule has 0 bridgehead atoms. The molecule has 2 aromatic rings. The number of alkyl halides is 1. The van der Waals surface area contributed by atoms with Crippen molar-refractivity contribution in [2.75, 3.05) is 6.54 Å². The van der Waals surface area contributed by atoms with Crippen molar-refractivity contribution < 1.29 is 4.39 Å². The smallest absolute Gasteiger partial charge is 0.124 e. The van der Waals surface area contributed by atoms with Gasteiger partial charge < -0.3 is 5.73 Å². The first-order valence-corrected chi connectivity index (χ1v) is 5.48. The second kappa shape index (κ2) is 4.22. The highest BCUT2D eigenvalue weighted by molar-refractivity contribution is 5.85. The third-order valence-electron chi connectivity index (χ3n) is 2.86. The minimum Gasteiger partial charge on any atom is -0.328 e. The fourth-order valence-corrected chi connectivity index (χ4v) is 1.92. The van der Waals surface area contributed by atoms with Crippen LogP contribution < -0.4 is 5.73 Å². The van der Waals surface area contributed by atoms with E-state index in [1.54, 1.807) is 6.92 Å². The maximum atomic E-state index is 13.9. The number of hydrogen-bond donors (Lipinski definition) is 1. The average Bonchev–Trinajstić information content (AvgIpc) is 2.29.